The Bertz CT molecular complexity index is 418. The summed E-state index contributed by atoms with van der Waals surface area (Å²) in [7, 11) is 0. The molecule has 0 spiro atoms. The first kappa shape index (κ1) is 17.1. The fraction of sp³-hybridized carbons (Fsp3) is 0.364. The van der Waals surface area contributed by atoms with Gasteiger partial charge in [-0.15, -0.1) is 12.4 Å². The van der Waals surface area contributed by atoms with Crippen LogP contribution in [0.4, 0.5) is 8.78 Å². The molecule has 0 saturated heterocycles. The molecule has 7 heteroatoms. The minimum Gasteiger partial charge on any atom is -0.464 e. The average molecular weight is 300 g/mol. The number of rotatable bonds is 4. The van der Waals surface area contributed by atoms with Gasteiger partial charge in [0.2, 0.25) is 6.17 Å². The van der Waals surface area contributed by atoms with E-state index in [1.807, 2.05) is 0 Å². The molecule has 0 aliphatic rings. The summed E-state index contributed by atoms with van der Waals surface area (Å²) in [6.45, 7) is 1.57. The second-order valence-corrected chi connectivity index (χ2v) is 3.78. The summed E-state index contributed by atoms with van der Waals surface area (Å²) in [5.41, 5.74) is 5.31. The summed E-state index contributed by atoms with van der Waals surface area (Å²) in [6, 6.07) is 2.13. The second-order valence-electron chi connectivity index (χ2n) is 3.35. The van der Waals surface area contributed by atoms with Crippen LogP contribution in [0.15, 0.2) is 18.2 Å². The van der Waals surface area contributed by atoms with E-state index in [9.17, 15) is 13.6 Å². The number of ether oxygens (including phenoxy) is 1. The Morgan fingerprint density at radius 1 is 1.56 bits per heavy atom. The number of halogens is 4. The number of nitrogens with two attached hydrogens (primary N) is 1. The Hall–Kier alpha value is -0.910. The van der Waals surface area contributed by atoms with Gasteiger partial charge in [0.25, 0.3) is 0 Å². The second kappa shape index (κ2) is 7.51. The minimum atomic E-state index is -2.12. The first-order valence-corrected chi connectivity index (χ1v) is 5.36. The standard InChI is InChI=1S/C11H12ClF2NO2.ClH/c1-2-17-11(16)9(14)10(15)7-5-6(12)3-4-8(7)13;/h3-5,9-10H,2,15H2,1H3;1H/t9?,10-;/m1./s1. The molecule has 0 bridgehead atoms. The number of benzene rings is 1. The monoisotopic (exact) mass is 299 g/mol. The van der Waals surface area contributed by atoms with Crippen molar-refractivity contribution in [1.29, 1.82) is 0 Å². The number of esters is 1. The maximum absolute atomic E-state index is 13.6. The molecule has 1 rings (SSSR count). The highest BCUT2D eigenvalue weighted by Crippen LogP contribution is 2.24. The van der Waals surface area contributed by atoms with Gasteiger partial charge in [0.1, 0.15) is 5.82 Å². The molecule has 18 heavy (non-hydrogen) atoms. The highest BCUT2D eigenvalue weighted by molar-refractivity contribution is 6.30. The average Bonchev–Trinajstić information content (AvgIpc) is 2.30. The highest BCUT2D eigenvalue weighted by atomic mass is 35.5. The van der Waals surface area contributed by atoms with Crippen LogP contribution in [-0.4, -0.2) is 18.7 Å². The highest BCUT2D eigenvalue weighted by Gasteiger charge is 2.29. The molecule has 2 atom stereocenters. The molecular weight excluding hydrogens is 287 g/mol. The summed E-state index contributed by atoms with van der Waals surface area (Å²) < 4.78 is 31.4. The van der Waals surface area contributed by atoms with Crippen molar-refractivity contribution >= 4 is 30.0 Å². The molecule has 0 fully saturated rings. The largest absolute Gasteiger partial charge is 0.464 e. The van der Waals surface area contributed by atoms with E-state index in [-0.39, 0.29) is 29.6 Å². The molecule has 3 nitrogen and oxygen atoms in total. The van der Waals surface area contributed by atoms with E-state index < -0.39 is 24.0 Å². The summed E-state index contributed by atoms with van der Waals surface area (Å²) in [5, 5.41) is 0.216. The maximum Gasteiger partial charge on any atom is 0.342 e. The van der Waals surface area contributed by atoms with Crippen LogP contribution in [0, 0.1) is 5.82 Å². The van der Waals surface area contributed by atoms with E-state index in [1.54, 1.807) is 0 Å². The predicted molar refractivity (Wildman–Crippen MR) is 67.1 cm³/mol. The Balaban J connectivity index is 0.00000289. The van der Waals surface area contributed by atoms with Gasteiger partial charge in [-0.05, 0) is 25.1 Å². The smallest absolute Gasteiger partial charge is 0.342 e. The Kier molecular flexibility index (Phi) is 7.13. The van der Waals surface area contributed by atoms with Gasteiger partial charge in [-0.2, -0.15) is 0 Å². The van der Waals surface area contributed by atoms with Gasteiger partial charge in [0.15, 0.2) is 0 Å². The van der Waals surface area contributed by atoms with Crippen molar-refractivity contribution in [3.8, 4) is 0 Å². The van der Waals surface area contributed by atoms with Gasteiger partial charge >= 0.3 is 5.97 Å². The molecule has 0 saturated carbocycles. The zero-order chi connectivity index (χ0) is 13.0. The summed E-state index contributed by atoms with van der Waals surface area (Å²) >= 11 is 5.65. The fourth-order valence-electron chi connectivity index (χ4n) is 1.30. The lowest BCUT2D eigenvalue weighted by atomic mass is 10.0. The van der Waals surface area contributed by atoms with Crippen LogP contribution >= 0.6 is 24.0 Å². The normalized spacial score (nSPS) is 13.4. The minimum absolute atomic E-state index is 0. The number of carbonyl (C=O) groups excluding carboxylic acids is 1. The van der Waals surface area contributed by atoms with Crippen LogP contribution in [-0.2, 0) is 9.53 Å². The Morgan fingerprint density at radius 3 is 2.72 bits per heavy atom. The van der Waals surface area contributed by atoms with Gasteiger partial charge in [-0.3, -0.25) is 0 Å². The fourth-order valence-corrected chi connectivity index (χ4v) is 1.48. The zero-order valence-corrected chi connectivity index (χ0v) is 11.1. The third-order valence-corrected chi connectivity index (χ3v) is 2.38. The van der Waals surface area contributed by atoms with Crippen molar-refractivity contribution in [1.82, 2.24) is 0 Å². The van der Waals surface area contributed by atoms with Crippen LogP contribution in [0.25, 0.3) is 0 Å². The molecule has 2 N–H and O–H groups in total. The van der Waals surface area contributed by atoms with E-state index in [4.69, 9.17) is 17.3 Å². The van der Waals surface area contributed by atoms with Crippen LogP contribution in [0.3, 0.4) is 0 Å². The first-order chi connectivity index (χ1) is 7.97. The molecule has 1 aromatic rings. The predicted octanol–water partition coefficient (Wildman–Crippen LogP) is 2.80. The summed E-state index contributed by atoms with van der Waals surface area (Å²) in [5.74, 6) is -1.83. The SMILES string of the molecule is CCOC(=O)C(F)[C@H](N)c1cc(Cl)ccc1F.Cl. The lowest BCUT2D eigenvalue weighted by Gasteiger charge is -2.16. The van der Waals surface area contributed by atoms with Crippen molar-refractivity contribution in [3.63, 3.8) is 0 Å². The van der Waals surface area contributed by atoms with Gasteiger partial charge in [0.05, 0.1) is 12.6 Å². The van der Waals surface area contributed by atoms with E-state index >= 15 is 0 Å². The van der Waals surface area contributed by atoms with Crippen LogP contribution in [0.2, 0.25) is 5.02 Å². The molecule has 0 radical (unpaired) electrons. The number of hydrogen-bond acceptors (Lipinski definition) is 3. The Morgan fingerprint density at radius 2 is 2.17 bits per heavy atom. The quantitative estimate of drug-likeness (QED) is 0.870. The van der Waals surface area contributed by atoms with Gasteiger partial charge in [-0.1, -0.05) is 11.6 Å². The van der Waals surface area contributed by atoms with Crippen molar-refractivity contribution in [3.05, 3.63) is 34.6 Å². The molecule has 0 amide bonds. The zero-order valence-electron chi connectivity index (χ0n) is 9.53. The number of carbonyl (C=O) groups is 1. The van der Waals surface area contributed by atoms with Crippen molar-refractivity contribution < 1.29 is 18.3 Å². The molecule has 1 unspecified atom stereocenters. The number of hydrogen-bond donors (Lipinski definition) is 1. The third kappa shape index (κ3) is 4.08. The van der Waals surface area contributed by atoms with Gasteiger partial charge in [-0.25, -0.2) is 13.6 Å². The summed E-state index contributed by atoms with van der Waals surface area (Å²) in [4.78, 5) is 11.1. The molecule has 0 heterocycles. The Labute approximate surface area is 115 Å². The van der Waals surface area contributed by atoms with E-state index in [0.29, 0.717) is 0 Å². The third-order valence-electron chi connectivity index (χ3n) is 2.14. The van der Waals surface area contributed by atoms with E-state index in [0.717, 1.165) is 6.07 Å². The lowest BCUT2D eigenvalue weighted by molar-refractivity contribution is -0.149. The number of alkyl halides is 1. The molecular formula is C11H13Cl2F2NO2. The van der Waals surface area contributed by atoms with Crippen LogP contribution in [0.5, 0.6) is 0 Å². The molecule has 0 aliphatic carbocycles. The van der Waals surface area contributed by atoms with Crippen LogP contribution in [0.1, 0.15) is 18.5 Å². The topological polar surface area (TPSA) is 52.3 Å². The van der Waals surface area contributed by atoms with E-state index in [2.05, 4.69) is 4.74 Å². The van der Waals surface area contributed by atoms with Gasteiger partial charge in [0, 0.05) is 10.6 Å². The molecule has 0 aliphatic heterocycles. The summed E-state index contributed by atoms with van der Waals surface area (Å²) in [6.07, 6.45) is -2.12. The first-order valence-electron chi connectivity index (χ1n) is 4.98. The van der Waals surface area contributed by atoms with Crippen molar-refractivity contribution in [2.75, 3.05) is 6.61 Å². The van der Waals surface area contributed by atoms with Crippen molar-refractivity contribution in [2.45, 2.75) is 19.1 Å². The lowest BCUT2D eigenvalue weighted by Crippen LogP contribution is -2.32. The molecule has 1 aromatic carbocycles. The van der Waals surface area contributed by atoms with Crippen molar-refractivity contribution in [2.24, 2.45) is 5.73 Å². The van der Waals surface area contributed by atoms with Crippen LogP contribution < -0.4 is 5.73 Å². The van der Waals surface area contributed by atoms with E-state index in [1.165, 1.54) is 19.1 Å². The maximum atomic E-state index is 13.6. The van der Waals surface area contributed by atoms with Gasteiger partial charge < -0.3 is 10.5 Å². The molecule has 102 valence electrons. The molecule has 0 aromatic heterocycles.